The second-order valence-corrected chi connectivity index (χ2v) is 5.98. The molecule has 0 spiro atoms. The monoisotopic (exact) mass is 301 g/mol. The molecule has 20 heavy (non-hydrogen) atoms. The summed E-state index contributed by atoms with van der Waals surface area (Å²) in [5, 5.41) is 2.89. The molecule has 0 aromatic heterocycles. The topological polar surface area (TPSA) is 111 Å². The third-order valence-electron chi connectivity index (χ3n) is 2.60. The number of nitrogens with one attached hydrogen (secondary N) is 2. The van der Waals surface area contributed by atoms with Crippen LogP contribution < -0.4 is 15.8 Å². The second kappa shape index (κ2) is 7.11. The maximum atomic E-state index is 11.7. The van der Waals surface area contributed by atoms with Gasteiger partial charge in [0.25, 0.3) is 0 Å². The zero-order chi connectivity index (χ0) is 15.2. The summed E-state index contributed by atoms with van der Waals surface area (Å²) >= 11 is 0. The van der Waals surface area contributed by atoms with Crippen molar-refractivity contribution >= 4 is 27.4 Å². The summed E-state index contributed by atoms with van der Waals surface area (Å²) < 4.78 is 29.7. The molecule has 0 fully saturated rings. The van der Waals surface area contributed by atoms with E-state index in [0.29, 0.717) is 5.69 Å². The summed E-state index contributed by atoms with van der Waals surface area (Å²) in [4.78, 5) is 11.7. The summed E-state index contributed by atoms with van der Waals surface area (Å²) in [6.07, 6.45) is 0. The lowest BCUT2D eigenvalue weighted by Crippen LogP contribution is -2.26. The lowest BCUT2D eigenvalue weighted by atomic mass is 10.1. The van der Waals surface area contributed by atoms with Crippen LogP contribution in [0, 0.1) is 0 Å². The Hall–Kier alpha value is -1.80. The van der Waals surface area contributed by atoms with Gasteiger partial charge in [0.1, 0.15) is 0 Å². The van der Waals surface area contributed by atoms with Gasteiger partial charge in [-0.3, -0.25) is 0 Å². The van der Waals surface area contributed by atoms with E-state index < -0.39 is 16.0 Å². The van der Waals surface area contributed by atoms with Gasteiger partial charge in [0.05, 0.1) is 29.3 Å². The number of rotatable bonds is 7. The Morgan fingerprint density at radius 2 is 2.10 bits per heavy atom. The highest BCUT2D eigenvalue weighted by atomic mass is 32.2. The van der Waals surface area contributed by atoms with Crippen molar-refractivity contribution in [2.45, 2.75) is 6.92 Å². The Morgan fingerprint density at radius 1 is 1.40 bits per heavy atom. The first-order valence-corrected chi connectivity index (χ1v) is 7.77. The molecule has 1 aromatic rings. The number of hydrogen-bond acceptors (Lipinski definition) is 6. The van der Waals surface area contributed by atoms with Crippen molar-refractivity contribution in [1.82, 2.24) is 4.72 Å². The van der Waals surface area contributed by atoms with Crippen LogP contribution in [-0.4, -0.2) is 40.3 Å². The molecule has 112 valence electrons. The van der Waals surface area contributed by atoms with Gasteiger partial charge in [0, 0.05) is 6.54 Å². The zero-order valence-electron chi connectivity index (χ0n) is 11.5. The normalized spacial score (nSPS) is 11.1. The van der Waals surface area contributed by atoms with Gasteiger partial charge < -0.3 is 15.8 Å². The van der Waals surface area contributed by atoms with Crippen LogP contribution in [0.3, 0.4) is 0 Å². The summed E-state index contributed by atoms with van der Waals surface area (Å²) in [5.74, 6) is -0.594. The second-order valence-electron chi connectivity index (χ2n) is 3.94. The minimum Gasteiger partial charge on any atom is -0.462 e. The minimum atomic E-state index is -3.28. The number of carbonyl (C=O) groups excluding carboxylic acids is 1. The fraction of sp³-hybridized carbons (Fsp3) is 0.417. The lowest BCUT2D eigenvalue weighted by Gasteiger charge is -2.12. The Morgan fingerprint density at radius 3 is 2.70 bits per heavy atom. The molecule has 0 bridgehead atoms. The van der Waals surface area contributed by atoms with E-state index in [1.807, 2.05) is 0 Å². The van der Waals surface area contributed by atoms with Crippen molar-refractivity contribution in [2.24, 2.45) is 0 Å². The van der Waals surface area contributed by atoms with Crippen LogP contribution >= 0.6 is 0 Å². The summed E-state index contributed by atoms with van der Waals surface area (Å²) in [6.45, 7) is 2.15. The molecule has 0 atom stereocenters. The average molecular weight is 301 g/mol. The van der Waals surface area contributed by atoms with E-state index in [1.165, 1.54) is 7.05 Å². The molecule has 0 aliphatic rings. The molecular weight excluding hydrogens is 282 g/mol. The van der Waals surface area contributed by atoms with Gasteiger partial charge in [-0.2, -0.15) is 0 Å². The van der Waals surface area contributed by atoms with E-state index in [1.54, 1.807) is 25.1 Å². The number of nitrogens with two attached hydrogens (primary N) is 1. The molecule has 0 radical (unpaired) electrons. The highest BCUT2D eigenvalue weighted by Gasteiger charge is 2.14. The summed E-state index contributed by atoms with van der Waals surface area (Å²) in [7, 11) is -1.93. The molecule has 1 rings (SSSR count). The molecule has 0 aliphatic carbocycles. The van der Waals surface area contributed by atoms with Crippen LogP contribution in [0.2, 0.25) is 0 Å². The summed E-state index contributed by atoms with van der Waals surface area (Å²) in [6, 6.07) is 4.88. The van der Waals surface area contributed by atoms with Crippen LogP contribution in [0.5, 0.6) is 0 Å². The van der Waals surface area contributed by atoms with Crippen molar-refractivity contribution < 1.29 is 17.9 Å². The first-order chi connectivity index (χ1) is 9.41. The Bertz CT molecular complexity index is 572. The van der Waals surface area contributed by atoms with Crippen LogP contribution in [-0.2, 0) is 14.8 Å². The smallest absolute Gasteiger partial charge is 0.340 e. The van der Waals surface area contributed by atoms with Crippen molar-refractivity contribution in [3.63, 3.8) is 0 Å². The standard InChI is InChI=1S/C12H19N3O4S/c1-3-19-12(16)9-5-4-6-10(11(9)13)15-7-8-20(17,18)14-2/h4-6,14-15H,3,7-8,13H2,1-2H3. The third-order valence-corrected chi connectivity index (χ3v) is 3.96. The fourth-order valence-corrected chi connectivity index (χ4v) is 2.10. The highest BCUT2D eigenvalue weighted by molar-refractivity contribution is 7.89. The average Bonchev–Trinajstić information content (AvgIpc) is 2.41. The maximum Gasteiger partial charge on any atom is 0.340 e. The van der Waals surface area contributed by atoms with Gasteiger partial charge in [-0.05, 0) is 26.1 Å². The molecule has 0 amide bonds. The molecule has 0 aliphatic heterocycles. The van der Waals surface area contributed by atoms with Crippen LogP contribution in [0.4, 0.5) is 11.4 Å². The SMILES string of the molecule is CCOC(=O)c1cccc(NCCS(=O)(=O)NC)c1N. The van der Waals surface area contributed by atoms with Crippen LogP contribution in [0.1, 0.15) is 17.3 Å². The number of anilines is 2. The molecule has 0 saturated carbocycles. The molecule has 0 saturated heterocycles. The van der Waals surface area contributed by atoms with Gasteiger partial charge in [0.2, 0.25) is 10.0 Å². The number of sulfonamides is 1. The summed E-state index contributed by atoms with van der Waals surface area (Å²) in [5.41, 5.74) is 6.87. The number of para-hydroxylation sites is 1. The molecule has 0 heterocycles. The predicted molar refractivity (Wildman–Crippen MR) is 78.1 cm³/mol. The van der Waals surface area contributed by atoms with E-state index >= 15 is 0 Å². The van der Waals surface area contributed by atoms with Gasteiger partial charge in [0.15, 0.2) is 0 Å². The molecule has 0 unspecified atom stereocenters. The lowest BCUT2D eigenvalue weighted by molar-refractivity contribution is 0.0527. The molecular formula is C12H19N3O4S. The number of benzene rings is 1. The fourth-order valence-electron chi connectivity index (χ4n) is 1.53. The maximum absolute atomic E-state index is 11.7. The Labute approximate surface area is 118 Å². The van der Waals surface area contributed by atoms with Crippen molar-refractivity contribution in [3.8, 4) is 0 Å². The first kappa shape index (κ1) is 16.3. The molecule has 7 nitrogen and oxygen atoms in total. The molecule has 8 heteroatoms. The number of hydrogen-bond donors (Lipinski definition) is 3. The first-order valence-electron chi connectivity index (χ1n) is 6.12. The van der Waals surface area contributed by atoms with E-state index in [2.05, 4.69) is 10.0 Å². The van der Waals surface area contributed by atoms with Crippen LogP contribution in [0.25, 0.3) is 0 Å². The van der Waals surface area contributed by atoms with E-state index in [0.717, 1.165) is 0 Å². The Balaban J connectivity index is 2.77. The minimum absolute atomic E-state index is 0.0907. The van der Waals surface area contributed by atoms with E-state index in [-0.39, 0.29) is 30.2 Å². The zero-order valence-corrected chi connectivity index (χ0v) is 12.3. The van der Waals surface area contributed by atoms with Gasteiger partial charge in [-0.1, -0.05) is 6.07 Å². The van der Waals surface area contributed by atoms with Crippen LogP contribution in [0.15, 0.2) is 18.2 Å². The largest absolute Gasteiger partial charge is 0.462 e. The molecule has 4 N–H and O–H groups in total. The van der Waals surface area contributed by atoms with Crippen molar-refractivity contribution in [3.05, 3.63) is 23.8 Å². The number of ether oxygens (including phenoxy) is 1. The van der Waals surface area contributed by atoms with Gasteiger partial charge in [-0.25, -0.2) is 17.9 Å². The number of carbonyl (C=O) groups is 1. The van der Waals surface area contributed by atoms with E-state index in [4.69, 9.17) is 10.5 Å². The predicted octanol–water partition coefficient (Wildman–Crippen LogP) is 0.407. The van der Waals surface area contributed by atoms with E-state index in [9.17, 15) is 13.2 Å². The quantitative estimate of drug-likeness (QED) is 0.497. The van der Waals surface area contributed by atoms with Gasteiger partial charge in [-0.15, -0.1) is 0 Å². The third kappa shape index (κ3) is 4.39. The number of nitrogen functional groups attached to an aromatic ring is 1. The molecule has 1 aromatic carbocycles. The number of esters is 1. The van der Waals surface area contributed by atoms with Crippen molar-refractivity contribution in [1.29, 1.82) is 0 Å². The Kier molecular flexibility index (Phi) is 5.78. The van der Waals surface area contributed by atoms with Gasteiger partial charge >= 0.3 is 5.97 Å². The van der Waals surface area contributed by atoms with Crippen molar-refractivity contribution in [2.75, 3.05) is 37.0 Å². The highest BCUT2D eigenvalue weighted by Crippen LogP contribution is 2.23.